The van der Waals surface area contributed by atoms with Gasteiger partial charge in [0.25, 0.3) is 0 Å². The molecule has 5 heteroatoms. The smallest absolute Gasteiger partial charge is 0.193 e. The van der Waals surface area contributed by atoms with E-state index in [9.17, 15) is 9.90 Å². The summed E-state index contributed by atoms with van der Waals surface area (Å²) < 4.78 is 5.38. The third-order valence-electron chi connectivity index (χ3n) is 4.72. The number of ketones is 1. The average molecular weight is 364 g/mol. The van der Waals surface area contributed by atoms with E-state index in [4.69, 9.17) is 10.5 Å². The topological polar surface area (TPSA) is 84.6 Å². The van der Waals surface area contributed by atoms with E-state index in [-0.39, 0.29) is 17.1 Å². The number of phenolic OH excluding ortho intramolecular Hbond substituents is 1. The van der Waals surface area contributed by atoms with Gasteiger partial charge in [0.05, 0.1) is 7.11 Å². The molecular weight excluding hydrogens is 340 g/mol. The molecule has 1 heterocycles. The molecule has 140 valence electrons. The summed E-state index contributed by atoms with van der Waals surface area (Å²) >= 11 is 0. The van der Waals surface area contributed by atoms with E-state index in [1.54, 1.807) is 18.2 Å². The van der Waals surface area contributed by atoms with E-state index in [0.29, 0.717) is 17.0 Å². The lowest BCUT2D eigenvalue weighted by molar-refractivity contribution is 0.104. The highest BCUT2D eigenvalue weighted by Crippen LogP contribution is 2.39. The van der Waals surface area contributed by atoms with Gasteiger partial charge in [-0.2, -0.15) is 0 Å². The van der Waals surface area contributed by atoms with E-state index < -0.39 is 0 Å². The lowest BCUT2D eigenvalue weighted by atomic mass is 9.91. The molecule has 0 radical (unpaired) electrons. The number of nitrogens with two attached hydrogens (primary N) is 1. The number of nitrogen functional groups attached to an aromatic ring is 1. The number of carbonyl (C=O) groups excluding carboxylic acids is 1. The van der Waals surface area contributed by atoms with Crippen LogP contribution in [-0.4, -0.2) is 31.1 Å². The molecule has 0 atom stereocenters. The molecule has 2 aromatic carbocycles. The molecule has 3 rings (SSSR count). The number of phenols is 1. The van der Waals surface area contributed by atoms with Gasteiger partial charge in [0, 0.05) is 17.8 Å². The first kappa shape index (κ1) is 18.7. The van der Waals surface area contributed by atoms with Gasteiger partial charge in [0.15, 0.2) is 5.78 Å². The minimum Gasteiger partial charge on any atom is -0.506 e. The molecule has 0 fully saturated rings. The van der Waals surface area contributed by atoms with E-state index in [0.717, 1.165) is 36.2 Å². The van der Waals surface area contributed by atoms with Crippen molar-refractivity contribution in [2.24, 2.45) is 0 Å². The van der Waals surface area contributed by atoms with Crippen molar-refractivity contribution in [2.45, 2.75) is 13.3 Å². The van der Waals surface area contributed by atoms with Gasteiger partial charge in [-0.15, -0.1) is 0 Å². The fraction of sp³-hybridized carbons (Fsp3) is 0.227. The van der Waals surface area contributed by atoms with Gasteiger partial charge >= 0.3 is 0 Å². The molecule has 0 aliphatic carbocycles. The summed E-state index contributed by atoms with van der Waals surface area (Å²) in [6.07, 6.45) is 5.91. The third-order valence-corrected chi connectivity index (χ3v) is 4.72. The summed E-state index contributed by atoms with van der Waals surface area (Å²) in [6.45, 7) is 3.50. The van der Waals surface area contributed by atoms with Gasteiger partial charge in [-0.05, 0) is 60.9 Å². The second-order valence-corrected chi connectivity index (χ2v) is 6.50. The first-order chi connectivity index (χ1) is 13.0. The van der Waals surface area contributed by atoms with E-state index in [1.165, 1.54) is 13.2 Å². The Balaban J connectivity index is 2.04. The number of hydrogen-bond donors (Lipinski definition) is 3. The zero-order valence-corrected chi connectivity index (χ0v) is 15.6. The predicted molar refractivity (Wildman–Crippen MR) is 109 cm³/mol. The van der Waals surface area contributed by atoms with Crippen LogP contribution in [0, 0.1) is 6.92 Å². The molecule has 0 bridgehead atoms. The van der Waals surface area contributed by atoms with E-state index >= 15 is 0 Å². The Labute approximate surface area is 159 Å². The van der Waals surface area contributed by atoms with Crippen LogP contribution in [0.5, 0.6) is 11.5 Å². The number of hydrogen-bond acceptors (Lipinski definition) is 5. The number of methoxy groups -OCH3 is 1. The Hall–Kier alpha value is -3.05. The van der Waals surface area contributed by atoms with Crippen molar-refractivity contribution in [1.29, 1.82) is 0 Å². The Morgan fingerprint density at radius 3 is 2.78 bits per heavy atom. The monoisotopic (exact) mass is 364 g/mol. The summed E-state index contributed by atoms with van der Waals surface area (Å²) in [6, 6.07) is 9.09. The Morgan fingerprint density at radius 2 is 2.11 bits per heavy atom. The fourth-order valence-electron chi connectivity index (χ4n) is 3.33. The van der Waals surface area contributed by atoms with Gasteiger partial charge in [0.1, 0.15) is 17.1 Å². The van der Waals surface area contributed by atoms with Gasteiger partial charge in [-0.1, -0.05) is 24.3 Å². The van der Waals surface area contributed by atoms with Gasteiger partial charge in [0.2, 0.25) is 0 Å². The zero-order valence-electron chi connectivity index (χ0n) is 15.6. The summed E-state index contributed by atoms with van der Waals surface area (Å²) in [4.78, 5) is 12.9. The van der Waals surface area contributed by atoms with Crippen molar-refractivity contribution in [3.8, 4) is 11.5 Å². The normalized spacial score (nSPS) is 14.2. The lowest BCUT2D eigenvalue weighted by Crippen LogP contribution is -2.20. The minimum atomic E-state index is -0.330. The molecule has 2 aromatic rings. The molecule has 0 saturated heterocycles. The van der Waals surface area contributed by atoms with Crippen LogP contribution in [0.25, 0.3) is 11.6 Å². The molecule has 4 N–H and O–H groups in total. The molecule has 27 heavy (non-hydrogen) atoms. The SMILES string of the molecule is COc1cc(C)c(C2=CCNCC2)c(O)c1C(=O)/C=C/c1ccccc1N. The van der Waals surface area contributed by atoms with Crippen LogP contribution in [0.4, 0.5) is 5.69 Å². The quantitative estimate of drug-likeness (QED) is 0.429. The van der Waals surface area contributed by atoms with Crippen molar-refractivity contribution in [3.05, 3.63) is 64.7 Å². The minimum absolute atomic E-state index is 0.0318. The highest BCUT2D eigenvalue weighted by molar-refractivity contribution is 6.11. The largest absolute Gasteiger partial charge is 0.506 e. The molecule has 0 aromatic heterocycles. The Bertz CT molecular complexity index is 929. The number of aromatic hydroxyl groups is 1. The van der Waals surface area contributed by atoms with Crippen molar-refractivity contribution in [2.75, 3.05) is 25.9 Å². The Morgan fingerprint density at radius 1 is 1.33 bits per heavy atom. The number of nitrogens with one attached hydrogen (secondary N) is 1. The number of allylic oxidation sites excluding steroid dienone is 1. The zero-order chi connectivity index (χ0) is 19.4. The number of benzene rings is 2. The summed E-state index contributed by atoms with van der Waals surface area (Å²) in [5.74, 6) is -0.00182. The summed E-state index contributed by atoms with van der Waals surface area (Å²) in [5.41, 5.74) is 10.1. The maximum atomic E-state index is 12.9. The lowest BCUT2D eigenvalue weighted by Gasteiger charge is -2.20. The molecule has 0 amide bonds. The maximum absolute atomic E-state index is 12.9. The van der Waals surface area contributed by atoms with Crippen LogP contribution in [0.2, 0.25) is 0 Å². The van der Waals surface area contributed by atoms with Crippen LogP contribution >= 0.6 is 0 Å². The van der Waals surface area contributed by atoms with E-state index in [2.05, 4.69) is 5.32 Å². The molecule has 0 saturated carbocycles. The molecule has 1 aliphatic heterocycles. The number of para-hydroxylation sites is 1. The predicted octanol–water partition coefficient (Wildman–Crippen LogP) is 3.56. The maximum Gasteiger partial charge on any atom is 0.193 e. The second kappa shape index (κ2) is 8.10. The van der Waals surface area contributed by atoms with Crippen molar-refractivity contribution >= 4 is 23.1 Å². The van der Waals surface area contributed by atoms with Crippen molar-refractivity contribution in [1.82, 2.24) is 5.32 Å². The van der Waals surface area contributed by atoms with Crippen LogP contribution < -0.4 is 15.8 Å². The first-order valence-electron chi connectivity index (χ1n) is 8.90. The highest BCUT2D eigenvalue weighted by Gasteiger charge is 2.23. The van der Waals surface area contributed by atoms with Crippen LogP contribution in [0.1, 0.15) is 33.5 Å². The molecule has 1 aliphatic rings. The number of aryl methyl sites for hydroxylation is 1. The molecular formula is C22H24N2O3. The molecule has 0 spiro atoms. The first-order valence-corrected chi connectivity index (χ1v) is 8.90. The third kappa shape index (κ3) is 3.88. The molecule has 5 nitrogen and oxygen atoms in total. The van der Waals surface area contributed by atoms with Crippen LogP contribution in [-0.2, 0) is 0 Å². The standard InChI is InChI=1S/C22H24N2O3/c1-14-13-19(27-2)21(22(26)20(14)16-9-11-24-12-10-16)18(25)8-7-15-5-3-4-6-17(15)23/h3-9,13,24,26H,10-12,23H2,1-2H3/b8-7+. The molecule has 0 unspecified atom stereocenters. The van der Waals surface area contributed by atoms with Crippen molar-refractivity contribution < 1.29 is 14.6 Å². The van der Waals surface area contributed by atoms with Gasteiger partial charge < -0.3 is 20.9 Å². The number of carbonyl (C=O) groups is 1. The number of anilines is 1. The van der Waals surface area contributed by atoms with Crippen LogP contribution in [0.15, 0.2) is 42.5 Å². The summed E-state index contributed by atoms with van der Waals surface area (Å²) in [7, 11) is 1.49. The Kier molecular flexibility index (Phi) is 5.62. The average Bonchev–Trinajstić information content (AvgIpc) is 2.67. The second-order valence-electron chi connectivity index (χ2n) is 6.50. The van der Waals surface area contributed by atoms with Gasteiger partial charge in [-0.3, -0.25) is 4.79 Å². The van der Waals surface area contributed by atoms with Gasteiger partial charge in [-0.25, -0.2) is 0 Å². The number of ether oxygens (including phenoxy) is 1. The number of rotatable bonds is 5. The van der Waals surface area contributed by atoms with E-state index in [1.807, 2.05) is 31.2 Å². The fourth-order valence-corrected chi connectivity index (χ4v) is 3.33. The summed E-state index contributed by atoms with van der Waals surface area (Å²) in [5, 5.41) is 14.2. The highest BCUT2D eigenvalue weighted by atomic mass is 16.5. The van der Waals surface area contributed by atoms with Crippen LogP contribution in [0.3, 0.4) is 0 Å². The van der Waals surface area contributed by atoms with Crippen molar-refractivity contribution in [3.63, 3.8) is 0 Å².